The number of halogens is 3. The van der Waals surface area contributed by atoms with Crippen molar-refractivity contribution < 1.29 is 23.1 Å². The number of carbonyl (C=O) groups is 1. The highest BCUT2D eigenvalue weighted by molar-refractivity contribution is 7.17. The molecule has 0 aliphatic rings. The fraction of sp³-hybridized carbons (Fsp3) is 0.286. The van der Waals surface area contributed by atoms with E-state index < -0.39 is 34.4 Å². The highest BCUT2D eigenvalue weighted by atomic mass is 32.1. The molecule has 1 N–H and O–H groups in total. The molecular weight excluding hydrogens is 303 g/mol. The Hall–Kier alpha value is -1.89. The Labute approximate surface area is 123 Å². The van der Waals surface area contributed by atoms with Crippen LogP contribution in [0.15, 0.2) is 12.1 Å². The average molecular weight is 315 g/mol. The monoisotopic (exact) mass is 315 g/mol. The number of carboxylic acid groups (broad SMARTS) is 1. The Morgan fingerprint density at radius 1 is 1.19 bits per heavy atom. The van der Waals surface area contributed by atoms with Crippen molar-refractivity contribution in [2.45, 2.75) is 26.2 Å². The molecule has 2 aromatic rings. The van der Waals surface area contributed by atoms with E-state index in [0.717, 1.165) is 0 Å². The molecule has 1 heterocycles. The molecule has 0 aliphatic carbocycles. The molecule has 0 spiro atoms. The number of thiazole rings is 1. The molecule has 3 nitrogen and oxygen atoms in total. The molecule has 2 rings (SSSR count). The summed E-state index contributed by atoms with van der Waals surface area (Å²) in [5.41, 5.74) is -0.882. The van der Waals surface area contributed by atoms with E-state index in [1.165, 1.54) is 0 Å². The summed E-state index contributed by atoms with van der Waals surface area (Å²) in [5, 5.41) is 9.08. The fourth-order valence-electron chi connectivity index (χ4n) is 1.83. The first kappa shape index (κ1) is 15.5. The number of benzene rings is 1. The zero-order chi connectivity index (χ0) is 15.9. The van der Waals surface area contributed by atoms with Gasteiger partial charge in [-0.1, -0.05) is 20.8 Å². The Bertz CT molecular complexity index is 696. The number of aromatic carboxylic acids is 1. The van der Waals surface area contributed by atoms with Crippen LogP contribution < -0.4 is 0 Å². The van der Waals surface area contributed by atoms with Crippen molar-refractivity contribution in [2.24, 2.45) is 0 Å². The molecule has 0 radical (unpaired) electrons. The van der Waals surface area contributed by atoms with Crippen LogP contribution in [0.25, 0.3) is 10.6 Å². The molecule has 0 saturated carbocycles. The highest BCUT2D eigenvalue weighted by Crippen LogP contribution is 2.36. The van der Waals surface area contributed by atoms with Crippen molar-refractivity contribution in [1.82, 2.24) is 4.98 Å². The van der Waals surface area contributed by atoms with Crippen molar-refractivity contribution in [1.29, 1.82) is 0 Å². The Morgan fingerprint density at radius 3 is 2.10 bits per heavy atom. The van der Waals surface area contributed by atoms with E-state index in [-0.39, 0.29) is 15.6 Å². The third-order valence-corrected chi connectivity index (χ3v) is 3.81. The maximum atomic E-state index is 13.8. The van der Waals surface area contributed by atoms with Crippen LogP contribution in [0.5, 0.6) is 0 Å². The first-order valence-corrected chi connectivity index (χ1v) is 6.82. The summed E-state index contributed by atoms with van der Waals surface area (Å²) >= 11 is 0.669. The minimum absolute atomic E-state index is 0.0828. The molecule has 0 aliphatic heterocycles. The number of rotatable bonds is 2. The molecule has 0 saturated heterocycles. The number of hydrogen-bond donors (Lipinski definition) is 1. The first-order chi connectivity index (χ1) is 9.61. The molecule has 112 valence electrons. The summed E-state index contributed by atoms with van der Waals surface area (Å²) in [5.74, 6) is -4.48. The third kappa shape index (κ3) is 2.92. The van der Waals surface area contributed by atoms with Crippen LogP contribution in [0.2, 0.25) is 0 Å². The molecule has 0 atom stereocenters. The normalized spacial score (nSPS) is 11.7. The van der Waals surface area contributed by atoms with Gasteiger partial charge < -0.3 is 5.11 Å². The molecular formula is C14H12F3NO2S. The van der Waals surface area contributed by atoms with Gasteiger partial charge in [0.1, 0.15) is 27.3 Å². The quantitative estimate of drug-likeness (QED) is 0.902. The van der Waals surface area contributed by atoms with E-state index >= 15 is 0 Å². The molecule has 0 bridgehead atoms. The van der Waals surface area contributed by atoms with Crippen molar-refractivity contribution in [3.8, 4) is 10.6 Å². The highest BCUT2D eigenvalue weighted by Gasteiger charge is 2.29. The van der Waals surface area contributed by atoms with Gasteiger partial charge in [-0.2, -0.15) is 0 Å². The number of hydrogen-bond acceptors (Lipinski definition) is 3. The number of carboxylic acids is 1. The zero-order valence-corrected chi connectivity index (χ0v) is 12.3. The van der Waals surface area contributed by atoms with Crippen LogP contribution in [-0.2, 0) is 5.41 Å². The lowest BCUT2D eigenvalue weighted by molar-refractivity contribution is 0.0699. The van der Waals surface area contributed by atoms with Gasteiger partial charge in [-0.05, 0) is 0 Å². The summed E-state index contributed by atoms with van der Waals surface area (Å²) in [4.78, 5) is 15.2. The summed E-state index contributed by atoms with van der Waals surface area (Å²) < 4.78 is 40.5. The molecule has 7 heteroatoms. The van der Waals surface area contributed by atoms with E-state index in [0.29, 0.717) is 23.5 Å². The second-order valence-corrected chi connectivity index (χ2v) is 6.50. The van der Waals surface area contributed by atoms with Gasteiger partial charge in [0.05, 0.1) is 11.3 Å². The zero-order valence-electron chi connectivity index (χ0n) is 11.5. The summed E-state index contributed by atoms with van der Waals surface area (Å²) in [6, 6.07) is 1.08. The Morgan fingerprint density at radius 2 is 1.71 bits per heavy atom. The smallest absolute Gasteiger partial charge is 0.347 e. The van der Waals surface area contributed by atoms with Crippen LogP contribution >= 0.6 is 11.3 Å². The Balaban J connectivity index is 2.70. The predicted octanol–water partition coefficient (Wildman–Crippen LogP) is 4.22. The van der Waals surface area contributed by atoms with E-state index in [1.54, 1.807) is 20.8 Å². The van der Waals surface area contributed by atoms with Gasteiger partial charge >= 0.3 is 5.97 Å². The molecule has 0 amide bonds. The van der Waals surface area contributed by atoms with Crippen LogP contribution in [0.4, 0.5) is 13.2 Å². The second kappa shape index (κ2) is 5.14. The molecule has 1 aromatic carbocycles. The Kier molecular flexibility index (Phi) is 3.79. The van der Waals surface area contributed by atoms with Gasteiger partial charge in [-0.3, -0.25) is 0 Å². The maximum Gasteiger partial charge on any atom is 0.347 e. The minimum Gasteiger partial charge on any atom is -0.477 e. The second-order valence-electron chi connectivity index (χ2n) is 5.50. The number of nitrogens with zero attached hydrogens (tertiary/aromatic N) is 1. The first-order valence-electron chi connectivity index (χ1n) is 6.00. The topological polar surface area (TPSA) is 50.2 Å². The van der Waals surface area contributed by atoms with Crippen LogP contribution in [0.1, 0.15) is 36.1 Å². The molecule has 0 unspecified atom stereocenters. The van der Waals surface area contributed by atoms with E-state index in [4.69, 9.17) is 0 Å². The average Bonchev–Trinajstić information content (AvgIpc) is 2.71. The van der Waals surface area contributed by atoms with E-state index in [1.807, 2.05) is 0 Å². The molecule has 0 fully saturated rings. The van der Waals surface area contributed by atoms with Crippen molar-refractivity contribution >= 4 is 17.3 Å². The molecule has 1 aromatic heterocycles. The van der Waals surface area contributed by atoms with Crippen LogP contribution in [0, 0.1) is 17.5 Å². The summed E-state index contributed by atoms with van der Waals surface area (Å²) in [6.45, 7) is 5.24. The van der Waals surface area contributed by atoms with Gasteiger partial charge in [0, 0.05) is 17.5 Å². The molecule has 21 heavy (non-hydrogen) atoms. The van der Waals surface area contributed by atoms with Crippen molar-refractivity contribution in [2.75, 3.05) is 0 Å². The summed E-state index contributed by atoms with van der Waals surface area (Å²) in [6.07, 6.45) is 0. The SMILES string of the molecule is CC(C)(C)c1nc(-c2c(F)cc(F)cc2F)sc1C(=O)O. The van der Waals surface area contributed by atoms with Gasteiger partial charge in [-0.25, -0.2) is 22.9 Å². The number of aromatic nitrogens is 1. The van der Waals surface area contributed by atoms with Gasteiger partial charge in [0.15, 0.2) is 0 Å². The minimum atomic E-state index is -1.22. The largest absolute Gasteiger partial charge is 0.477 e. The summed E-state index contributed by atoms with van der Waals surface area (Å²) in [7, 11) is 0. The van der Waals surface area contributed by atoms with E-state index in [9.17, 15) is 23.1 Å². The fourth-order valence-corrected chi connectivity index (χ4v) is 2.99. The lowest BCUT2D eigenvalue weighted by Gasteiger charge is -2.16. The van der Waals surface area contributed by atoms with Gasteiger partial charge in [0.25, 0.3) is 0 Å². The predicted molar refractivity (Wildman–Crippen MR) is 73.1 cm³/mol. The van der Waals surface area contributed by atoms with Crippen molar-refractivity contribution in [3.05, 3.63) is 40.2 Å². The lowest BCUT2D eigenvalue weighted by atomic mass is 9.91. The van der Waals surface area contributed by atoms with Gasteiger partial charge in [0.2, 0.25) is 0 Å². The van der Waals surface area contributed by atoms with Crippen molar-refractivity contribution in [3.63, 3.8) is 0 Å². The maximum absolute atomic E-state index is 13.8. The third-order valence-electron chi connectivity index (χ3n) is 2.75. The van der Waals surface area contributed by atoms with Crippen LogP contribution in [-0.4, -0.2) is 16.1 Å². The standard InChI is InChI=1S/C14H12F3NO2S/c1-14(2,3)11-10(13(19)20)21-12(18-11)9-7(16)4-6(15)5-8(9)17/h4-5H,1-3H3,(H,19,20). The van der Waals surface area contributed by atoms with Crippen LogP contribution in [0.3, 0.4) is 0 Å². The van der Waals surface area contributed by atoms with Gasteiger partial charge in [-0.15, -0.1) is 11.3 Å². The lowest BCUT2D eigenvalue weighted by Crippen LogP contribution is -2.16. The van der Waals surface area contributed by atoms with E-state index in [2.05, 4.69) is 4.98 Å².